The minimum absolute atomic E-state index is 0. The van der Waals surface area contributed by atoms with Crippen LogP contribution >= 0.6 is 28.3 Å². The number of amides is 1. The molecule has 2 N–H and O–H groups in total. The van der Waals surface area contributed by atoms with Gasteiger partial charge in [0.2, 0.25) is 5.91 Å². The number of carbonyl (C=O) groups excluding carboxylic acids is 1. The molecule has 0 bridgehead atoms. The molecule has 1 aliphatic rings. The van der Waals surface area contributed by atoms with Gasteiger partial charge in [0.1, 0.15) is 6.04 Å². The molecule has 0 aliphatic carbocycles. The van der Waals surface area contributed by atoms with E-state index in [0.717, 1.165) is 17.4 Å². The first-order chi connectivity index (χ1) is 9.56. The van der Waals surface area contributed by atoms with Crippen molar-refractivity contribution in [2.24, 2.45) is 0 Å². The second kappa shape index (κ2) is 8.73. The summed E-state index contributed by atoms with van der Waals surface area (Å²) in [4.78, 5) is 12.2. The van der Waals surface area contributed by atoms with E-state index in [1.807, 2.05) is 26.0 Å². The fraction of sp³-hybridized carbons (Fsp3) is 0.533. The van der Waals surface area contributed by atoms with Crippen molar-refractivity contribution < 1.29 is 9.53 Å². The molecule has 0 radical (unpaired) electrons. The van der Waals surface area contributed by atoms with Gasteiger partial charge in [-0.25, -0.2) is 0 Å². The molecule has 4 nitrogen and oxygen atoms in total. The van der Waals surface area contributed by atoms with Gasteiger partial charge in [-0.1, -0.05) is 28.1 Å². The minimum Gasteiger partial charge on any atom is -0.375 e. The number of carbonyl (C=O) groups is 1. The lowest BCUT2D eigenvalue weighted by Crippen LogP contribution is -2.56. The van der Waals surface area contributed by atoms with Crippen molar-refractivity contribution in [1.29, 1.82) is 0 Å². The van der Waals surface area contributed by atoms with Crippen LogP contribution in [0.3, 0.4) is 0 Å². The Labute approximate surface area is 140 Å². The highest BCUT2D eigenvalue weighted by molar-refractivity contribution is 9.10. The van der Waals surface area contributed by atoms with E-state index in [-0.39, 0.29) is 36.5 Å². The molecule has 6 heteroatoms. The number of morpholine rings is 1. The fourth-order valence-electron chi connectivity index (χ4n) is 2.43. The second-order valence-electron chi connectivity index (χ2n) is 5.25. The first-order valence-electron chi connectivity index (χ1n) is 6.96. The van der Waals surface area contributed by atoms with Crippen LogP contribution in [0.2, 0.25) is 0 Å². The molecule has 1 aliphatic heterocycles. The highest BCUT2D eigenvalue weighted by Gasteiger charge is 2.28. The molecule has 0 aromatic heterocycles. The van der Waals surface area contributed by atoms with Crippen molar-refractivity contribution in [3.63, 3.8) is 0 Å². The Morgan fingerprint density at radius 1 is 1.57 bits per heavy atom. The van der Waals surface area contributed by atoms with Crippen LogP contribution < -0.4 is 10.6 Å². The van der Waals surface area contributed by atoms with E-state index < -0.39 is 0 Å². The van der Waals surface area contributed by atoms with Gasteiger partial charge in [0.15, 0.2) is 0 Å². The van der Waals surface area contributed by atoms with E-state index in [1.165, 1.54) is 5.56 Å². The molecule has 1 fully saturated rings. The fourth-order valence-corrected chi connectivity index (χ4v) is 2.88. The van der Waals surface area contributed by atoms with Gasteiger partial charge < -0.3 is 15.4 Å². The van der Waals surface area contributed by atoms with Crippen LogP contribution in [-0.4, -0.2) is 37.2 Å². The molecular formula is C15H22BrClN2O2. The third-order valence-electron chi connectivity index (χ3n) is 3.42. The van der Waals surface area contributed by atoms with Crippen molar-refractivity contribution in [3.8, 4) is 0 Å². The van der Waals surface area contributed by atoms with E-state index >= 15 is 0 Å². The monoisotopic (exact) mass is 376 g/mol. The number of benzene rings is 1. The summed E-state index contributed by atoms with van der Waals surface area (Å²) >= 11 is 3.46. The third kappa shape index (κ3) is 5.58. The Balaban J connectivity index is 0.00000220. The van der Waals surface area contributed by atoms with E-state index in [0.29, 0.717) is 6.61 Å². The Morgan fingerprint density at radius 2 is 2.33 bits per heavy atom. The molecule has 1 aromatic carbocycles. The standard InChI is InChI=1S/C15H21BrN2O2.ClH/c1-10(8-12-4-3-5-13(16)9-12)18-15(19)14-11(2)20-7-6-17-14;/h3-5,9-11,14,17H,6-8H2,1-2H3,(H,18,19);1H/t10?,11-,14+;/m1./s1. The summed E-state index contributed by atoms with van der Waals surface area (Å²) in [6, 6.07) is 7.98. The third-order valence-corrected chi connectivity index (χ3v) is 3.91. The molecule has 1 amide bonds. The normalized spacial score (nSPS) is 23.0. The van der Waals surface area contributed by atoms with E-state index in [2.05, 4.69) is 38.7 Å². The molecule has 2 rings (SSSR count). The van der Waals surface area contributed by atoms with Crippen LogP contribution in [0.1, 0.15) is 19.4 Å². The summed E-state index contributed by atoms with van der Waals surface area (Å²) in [7, 11) is 0. The SMILES string of the molecule is CC(Cc1cccc(Br)c1)NC(=O)[C@H]1NCCO[C@@H]1C.Cl. The lowest BCUT2D eigenvalue weighted by molar-refractivity contribution is -0.129. The van der Waals surface area contributed by atoms with Gasteiger partial charge in [-0.2, -0.15) is 0 Å². The predicted molar refractivity (Wildman–Crippen MR) is 89.9 cm³/mol. The molecule has 21 heavy (non-hydrogen) atoms. The van der Waals surface area contributed by atoms with Crippen molar-refractivity contribution in [2.75, 3.05) is 13.2 Å². The molecule has 118 valence electrons. The summed E-state index contributed by atoms with van der Waals surface area (Å²) < 4.78 is 6.56. The average Bonchev–Trinajstić information content (AvgIpc) is 2.38. The van der Waals surface area contributed by atoms with Gasteiger partial charge in [0, 0.05) is 17.1 Å². The minimum atomic E-state index is -0.256. The summed E-state index contributed by atoms with van der Waals surface area (Å²) in [5.74, 6) is 0.0136. The second-order valence-corrected chi connectivity index (χ2v) is 6.17. The van der Waals surface area contributed by atoms with Crippen LogP contribution in [-0.2, 0) is 16.0 Å². The summed E-state index contributed by atoms with van der Waals surface area (Å²) in [5, 5.41) is 6.25. The van der Waals surface area contributed by atoms with Gasteiger partial charge in [0.25, 0.3) is 0 Å². The Morgan fingerprint density at radius 3 is 3.00 bits per heavy atom. The van der Waals surface area contributed by atoms with Crippen LogP contribution in [0, 0.1) is 0 Å². The first kappa shape index (κ1) is 18.4. The summed E-state index contributed by atoms with van der Waals surface area (Å²) in [6.07, 6.45) is 0.731. The number of ether oxygens (including phenoxy) is 1. The Kier molecular flexibility index (Phi) is 7.66. The van der Waals surface area contributed by atoms with Crippen molar-refractivity contribution >= 4 is 34.2 Å². The lowest BCUT2D eigenvalue weighted by Gasteiger charge is -2.30. The van der Waals surface area contributed by atoms with Gasteiger partial charge in [0.05, 0.1) is 12.7 Å². The molecule has 1 unspecified atom stereocenters. The number of hydrogen-bond acceptors (Lipinski definition) is 3. The lowest BCUT2D eigenvalue weighted by atomic mass is 10.1. The largest absolute Gasteiger partial charge is 0.375 e. The highest BCUT2D eigenvalue weighted by Crippen LogP contribution is 2.13. The molecule has 1 aromatic rings. The van der Waals surface area contributed by atoms with Gasteiger partial charge in [-0.3, -0.25) is 4.79 Å². The van der Waals surface area contributed by atoms with Crippen LogP contribution in [0.15, 0.2) is 28.7 Å². The maximum Gasteiger partial charge on any atom is 0.240 e. The van der Waals surface area contributed by atoms with E-state index in [1.54, 1.807) is 0 Å². The van der Waals surface area contributed by atoms with Crippen LogP contribution in [0.25, 0.3) is 0 Å². The number of hydrogen-bond donors (Lipinski definition) is 2. The Hall–Kier alpha value is -0.620. The zero-order valence-electron chi connectivity index (χ0n) is 12.3. The number of rotatable bonds is 4. The smallest absolute Gasteiger partial charge is 0.240 e. The summed E-state index contributed by atoms with van der Waals surface area (Å²) in [6.45, 7) is 5.34. The summed E-state index contributed by atoms with van der Waals surface area (Å²) in [5.41, 5.74) is 1.20. The zero-order valence-corrected chi connectivity index (χ0v) is 14.7. The van der Waals surface area contributed by atoms with Gasteiger partial charge in [-0.15, -0.1) is 12.4 Å². The topological polar surface area (TPSA) is 50.4 Å². The van der Waals surface area contributed by atoms with Gasteiger partial charge >= 0.3 is 0 Å². The molecule has 0 saturated carbocycles. The van der Waals surface area contributed by atoms with Gasteiger partial charge in [-0.05, 0) is 38.0 Å². The van der Waals surface area contributed by atoms with Crippen LogP contribution in [0.5, 0.6) is 0 Å². The van der Waals surface area contributed by atoms with Crippen LogP contribution in [0.4, 0.5) is 0 Å². The average molecular weight is 378 g/mol. The highest BCUT2D eigenvalue weighted by atomic mass is 79.9. The molecule has 1 saturated heterocycles. The molecule has 0 spiro atoms. The zero-order chi connectivity index (χ0) is 14.5. The molecule has 1 heterocycles. The van der Waals surface area contributed by atoms with Crippen molar-refractivity contribution in [1.82, 2.24) is 10.6 Å². The predicted octanol–water partition coefficient (Wildman–Crippen LogP) is 2.30. The Bertz CT molecular complexity index is 473. The molecule has 3 atom stereocenters. The molecular weight excluding hydrogens is 356 g/mol. The quantitative estimate of drug-likeness (QED) is 0.846. The maximum atomic E-state index is 12.2. The number of nitrogens with one attached hydrogen (secondary N) is 2. The maximum absolute atomic E-state index is 12.2. The van der Waals surface area contributed by atoms with Crippen molar-refractivity contribution in [2.45, 2.75) is 38.5 Å². The van der Waals surface area contributed by atoms with Crippen molar-refractivity contribution in [3.05, 3.63) is 34.3 Å². The van der Waals surface area contributed by atoms with E-state index in [4.69, 9.17) is 4.74 Å². The van der Waals surface area contributed by atoms with E-state index in [9.17, 15) is 4.79 Å². The number of halogens is 2. The first-order valence-corrected chi connectivity index (χ1v) is 7.75.